The third-order valence-corrected chi connectivity index (χ3v) is 3.05. The lowest BCUT2D eigenvalue weighted by Crippen LogP contribution is -2.43. The van der Waals surface area contributed by atoms with Crippen LogP contribution in [-0.4, -0.2) is 32.7 Å². The van der Waals surface area contributed by atoms with Gasteiger partial charge in [-0.2, -0.15) is 0 Å². The Balaban J connectivity index is 4.66. The molecule has 0 rings (SSSR count). The summed E-state index contributed by atoms with van der Waals surface area (Å²) in [5.41, 5.74) is 0. The zero-order chi connectivity index (χ0) is 12.9. The van der Waals surface area contributed by atoms with Gasteiger partial charge in [-0.05, 0) is 12.3 Å². The maximum Gasteiger partial charge on any atom is 0.346 e. The van der Waals surface area contributed by atoms with Crippen molar-refractivity contribution in [2.75, 3.05) is 0 Å². The van der Waals surface area contributed by atoms with E-state index in [1.807, 2.05) is 13.8 Å². The molecule has 0 heterocycles. The summed E-state index contributed by atoms with van der Waals surface area (Å²) in [6, 6.07) is -0.990. The second-order valence-electron chi connectivity index (χ2n) is 3.96. The highest BCUT2D eigenvalue weighted by Crippen LogP contribution is 2.40. The molecule has 0 radical (unpaired) electrons. The summed E-state index contributed by atoms with van der Waals surface area (Å²) in [5.74, 6) is -2.35. The Kier molecular flexibility index (Phi) is 5.89. The van der Waals surface area contributed by atoms with Crippen LogP contribution in [0.25, 0.3) is 0 Å². The largest absolute Gasteiger partial charge is 0.480 e. The molecule has 94 valence electrons. The second kappa shape index (κ2) is 6.15. The zero-order valence-corrected chi connectivity index (χ0v) is 10.2. The molecule has 0 aromatic heterocycles. The van der Waals surface area contributed by atoms with Crippen molar-refractivity contribution in [3.05, 3.63) is 12.7 Å². The van der Waals surface area contributed by atoms with E-state index in [0.29, 0.717) is 6.42 Å². The van der Waals surface area contributed by atoms with Gasteiger partial charge in [-0.1, -0.05) is 19.9 Å². The molecule has 0 bridgehead atoms. The van der Waals surface area contributed by atoms with Crippen molar-refractivity contribution in [2.45, 2.75) is 32.1 Å². The van der Waals surface area contributed by atoms with Crippen LogP contribution in [-0.2, 0) is 9.36 Å². The van der Waals surface area contributed by atoms with Crippen molar-refractivity contribution in [3.63, 3.8) is 0 Å². The summed E-state index contributed by atoms with van der Waals surface area (Å²) in [4.78, 5) is 28.7. The van der Waals surface area contributed by atoms with Gasteiger partial charge in [-0.15, -0.1) is 6.58 Å². The number of carboxylic acid groups (broad SMARTS) is 1. The lowest BCUT2D eigenvalue weighted by atomic mass is 10.0. The summed E-state index contributed by atoms with van der Waals surface area (Å²) >= 11 is 0. The van der Waals surface area contributed by atoms with Gasteiger partial charge in [0.05, 0.1) is 0 Å². The van der Waals surface area contributed by atoms with E-state index in [1.54, 1.807) is 0 Å². The van der Waals surface area contributed by atoms with E-state index in [4.69, 9.17) is 14.9 Å². The van der Waals surface area contributed by atoms with Gasteiger partial charge in [0.15, 0.2) is 0 Å². The number of carbonyl (C=O) groups is 1. The van der Waals surface area contributed by atoms with Gasteiger partial charge in [-0.25, -0.2) is 0 Å². The van der Waals surface area contributed by atoms with E-state index >= 15 is 0 Å². The van der Waals surface area contributed by atoms with Crippen molar-refractivity contribution in [1.29, 1.82) is 0 Å². The Hall–Kier alpha value is -0.680. The number of hydrogen-bond donors (Lipinski definition) is 4. The summed E-state index contributed by atoms with van der Waals surface area (Å²) in [6.07, 6.45) is 1.32. The molecule has 0 saturated carbocycles. The fraction of sp³-hybridized carbons (Fsp3) is 0.667. The first-order valence-corrected chi connectivity index (χ1v) is 6.53. The van der Waals surface area contributed by atoms with Crippen LogP contribution in [0.1, 0.15) is 20.3 Å². The Bertz CT molecular complexity index is 298. The lowest BCUT2D eigenvalue weighted by molar-refractivity contribution is -0.139. The van der Waals surface area contributed by atoms with Crippen LogP contribution in [0.5, 0.6) is 0 Å². The van der Waals surface area contributed by atoms with E-state index < -0.39 is 25.4 Å². The van der Waals surface area contributed by atoms with Crippen molar-refractivity contribution < 1.29 is 24.3 Å². The summed E-state index contributed by atoms with van der Waals surface area (Å²) in [7, 11) is -4.41. The van der Waals surface area contributed by atoms with Gasteiger partial charge in [-0.3, -0.25) is 14.7 Å². The zero-order valence-electron chi connectivity index (χ0n) is 9.33. The van der Waals surface area contributed by atoms with Gasteiger partial charge in [0, 0.05) is 0 Å². The molecule has 0 aliphatic heterocycles. The molecule has 7 heteroatoms. The molecule has 0 aromatic rings. The number of rotatable bonds is 7. The SMILES string of the molecule is C=CC(N[C@@H](CC(C)C)C(=O)O)P(=O)(O)O. The minimum Gasteiger partial charge on any atom is -0.480 e. The van der Waals surface area contributed by atoms with Crippen LogP contribution in [0, 0.1) is 5.92 Å². The number of carboxylic acids is 1. The van der Waals surface area contributed by atoms with Crippen molar-refractivity contribution in [3.8, 4) is 0 Å². The van der Waals surface area contributed by atoms with Gasteiger partial charge >= 0.3 is 13.6 Å². The molecule has 0 spiro atoms. The predicted octanol–water partition coefficient (Wildman–Crippen LogP) is 0.765. The van der Waals surface area contributed by atoms with Crippen LogP contribution < -0.4 is 5.32 Å². The Labute approximate surface area is 94.5 Å². The van der Waals surface area contributed by atoms with E-state index in [9.17, 15) is 9.36 Å². The quantitative estimate of drug-likeness (QED) is 0.393. The first kappa shape index (κ1) is 15.3. The van der Waals surface area contributed by atoms with Crippen molar-refractivity contribution in [2.24, 2.45) is 5.92 Å². The highest BCUT2D eigenvalue weighted by Gasteiger charge is 2.30. The molecule has 0 saturated heterocycles. The standard InChI is InChI=1S/C9H18NO5P/c1-4-8(16(13,14)15)10-7(9(11)12)5-6(2)3/h4,6-8,10H,1,5H2,2-3H3,(H,11,12)(H2,13,14,15)/t7-,8?/m0/s1. The summed E-state index contributed by atoms with van der Waals surface area (Å²) in [5, 5.41) is 11.3. The molecular formula is C9H18NO5P. The van der Waals surface area contributed by atoms with Gasteiger partial charge in [0.25, 0.3) is 0 Å². The maximum atomic E-state index is 11.0. The van der Waals surface area contributed by atoms with Crippen LogP contribution in [0.3, 0.4) is 0 Å². The molecule has 1 unspecified atom stereocenters. The number of nitrogens with one attached hydrogen (secondary N) is 1. The van der Waals surface area contributed by atoms with E-state index in [-0.39, 0.29) is 5.92 Å². The third-order valence-electron chi connectivity index (χ3n) is 1.96. The van der Waals surface area contributed by atoms with Gasteiger partial charge in [0.2, 0.25) is 0 Å². The average molecular weight is 251 g/mol. The van der Waals surface area contributed by atoms with Crippen LogP contribution in [0.2, 0.25) is 0 Å². The highest BCUT2D eigenvalue weighted by molar-refractivity contribution is 7.52. The summed E-state index contributed by atoms with van der Waals surface area (Å²) < 4.78 is 11.0. The van der Waals surface area contributed by atoms with E-state index in [0.717, 1.165) is 6.08 Å². The molecule has 6 nitrogen and oxygen atoms in total. The first-order chi connectivity index (χ1) is 7.18. The fourth-order valence-electron chi connectivity index (χ4n) is 1.22. The number of aliphatic carboxylic acids is 1. The van der Waals surface area contributed by atoms with Crippen LogP contribution in [0.4, 0.5) is 0 Å². The maximum absolute atomic E-state index is 11.0. The van der Waals surface area contributed by atoms with Gasteiger partial charge < -0.3 is 14.9 Å². The molecule has 0 fully saturated rings. The van der Waals surface area contributed by atoms with Crippen LogP contribution in [0.15, 0.2) is 12.7 Å². The molecule has 4 N–H and O–H groups in total. The minimum absolute atomic E-state index is 0.107. The molecule has 0 aliphatic rings. The molecule has 2 atom stereocenters. The Morgan fingerprint density at radius 2 is 2.00 bits per heavy atom. The lowest BCUT2D eigenvalue weighted by Gasteiger charge is -2.22. The van der Waals surface area contributed by atoms with E-state index in [1.165, 1.54) is 0 Å². The topological polar surface area (TPSA) is 107 Å². The van der Waals surface area contributed by atoms with E-state index in [2.05, 4.69) is 11.9 Å². The molecular weight excluding hydrogens is 233 g/mol. The number of hydrogen-bond acceptors (Lipinski definition) is 3. The first-order valence-electron chi connectivity index (χ1n) is 4.85. The molecule has 0 aliphatic carbocycles. The Morgan fingerprint density at radius 3 is 2.25 bits per heavy atom. The highest BCUT2D eigenvalue weighted by atomic mass is 31.2. The van der Waals surface area contributed by atoms with Crippen LogP contribution >= 0.6 is 7.60 Å². The third kappa shape index (κ3) is 5.42. The Morgan fingerprint density at radius 1 is 1.50 bits per heavy atom. The van der Waals surface area contributed by atoms with Crippen molar-refractivity contribution >= 4 is 13.6 Å². The molecule has 16 heavy (non-hydrogen) atoms. The molecule has 0 amide bonds. The second-order valence-corrected chi connectivity index (χ2v) is 5.69. The normalized spacial score (nSPS) is 15.8. The van der Waals surface area contributed by atoms with Gasteiger partial charge in [0.1, 0.15) is 11.8 Å². The summed E-state index contributed by atoms with van der Waals surface area (Å²) in [6.45, 7) is 6.93. The monoisotopic (exact) mass is 251 g/mol. The van der Waals surface area contributed by atoms with Crippen molar-refractivity contribution in [1.82, 2.24) is 5.32 Å². The minimum atomic E-state index is -4.41. The fourth-order valence-corrected chi connectivity index (χ4v) is 1.87. The average Bonchev–Trinajstić information content (AvgIpc) is 2.08. The smallest absolute Gasteiger partial charge is 0.346 e. The predicted molar refractivity (Wildman–Crippen MR) is 60.0 cm³/mol. The molecule has 0 aromatic carbocycles.